The molecule has 1 aromatic rings. The Bertz CT molecular complexity index is 660. The van der Waals surface area contributed by atoms with Crippen LogP contribution in [0.25, 0.3) is 0 Å². The number of benzene rings is 1. The molecule has 1 aliphatic heterocycles. The summed E-state index contributed by atoms with van der Waals surface area (Å²) >= 11 is 12.8. The second-order valence-electron chi connectivity index (χ2n) is 7.88. The van der Waals surface area contributed by atoms with E-state index in [9.17, 15) is 4.79 Å². The van der Waals surface area contributed by atoms with E-state index in [1.807, 2.05) is 40.7 Å². The highest BCUT2D eigenvalue weighted by Crippen LogP contribution is 2.44. The molecular weight excluding hydrogens is 373 g/mol. The van der Waals surface area contributed by atoms with E-state index in [-0.39, 0.29) is 17.4 Å². The number of halogens is 2. The average Bonchev–Trinajstić information content (AvgIpc) is 2.55. The highest BCUT2D eigenvalue weighted by atomic mass is 35.5. The molecule has 4 nitrogen and oxygen atoms in total. The lowest BCUT2D eigenvalue weighted by molar-refractivity contribution is 0.0204. The maximum Gasteiger partial charge on any atom is 0.410 e. The van der Waals surface area contributed by atoms with Crippen LogP contribution in [0.15, 0.2) is 6.07 Å². The summed E-state index contributed by atoms with van der Waals surface area (Å²) in [6.07, 6.45) is 1.43. The molecule has 146 valence electrons. The van der Waals surface area contributed by atoms with Crippen LogP contribution in [-0.2, 0) is 4.74 Å². The van der Waals surface area contributed by atoms with E-state index in [1.165, 1.54) is 0 Å². The molecule has 1 aliphatic rings. The topological polar surface area (TPSA) is 38.8 Å². The maximum atomic E-state index is 12.3. The third-order valence-electron chi connectivity index (χ3n) is 4.74. The second kappa shape index (κ2) is 8.26. The lowest BCUT2D eigenvalue weighted by atomic mass is 9.84. The summed E-state index contributed by atoms with van der Waals surface area (Å²) < 4.78 is 11.2. The number of likely N-dealkylation sites (tertiary alicyclic amines) is 1. The molecule has 6 heteroatoms. The molecule has 1 fully saturated rings. The Labute approximate surface area is 166 Å². The standard InChI is InChI=1S/C20H29Cl2NO3/c1-12-16(22)11-15(13(2)21)18(25-6)17(12)14-7-9-23(10-8-14)19(24)26-20(3,4)5/h11,13-14H,7-10H2,1-6H3. The number of carbonyl (C=O) groups is 1. The molecule has 0 N–H and O–H groups in total. The van der Waals surface area contributed by atoms with Gasteiger partial charge < -0.3 is 14.4 Å². The van der Waals surface area contributed by atoms with E-state index in [0.29, 0.717) is 18.1 Å². The van der Waals surface area contributed by atoms with Gasteiger partial charge in [-0.3, -0.25) is 0 Å². The molecule has 0 spiro atoms. The van der Waals surface area contributed by atoms with Gasteiger partial charge in [-0.2, -0.15) is 0 Å². The number of carbonyl (C=O) groups excluding carboxylic acids is 1. The number of alkyl halides is 1. The number of nitrogens with zero attached hydrogens (tertiary/aromatic N) is 1. The van der Waals surface area contributed by atoms with Gasteiger partial charge in [0.05, 0.1) is 12.5 Å². The van der Waals surface area contributed by atoms with Crippen LogP contribution >= 0.6 is 23.2 Å². The van der Waals surface area contributed by atoms with Gasteiger partial charge in [-0.15, -0.1) is 11.6 Å². The molecule has 0 saturated carbocycles. The molecule has 0 aliphatic carbocycles. The Morgan fingerprint density at radius 2 is 1.88 bits per heavy atom. The summed E-state index contributed by atoms with van der Waals surface area (Å²) in [6.45, 7) is 10.9. The Hall–Kier alpha value is -1.13. The first-order chi connectivity index (χ1) is 12.0. The minimum absolute atomic E-state index is 0.191. The second-order valence-corrected chi connectivity index (χ2v) is 8.94. The highest BCUT2D eigenvalue weighted by Gasteiger charge is 2.31. The predicted molar refractivity (Wildman–Crippen MR) is 107 cm³/mol. The van der Waals surface area contributed by atoms with Crippen LogP contribution in [0.4, 0.5) is 4.79 Å². The average molecular weight is 402 g/mol. The zero-order chi connectivity index (χ0) is 19.6. The smallest absolute Gasteiger partial charge is 0.410 e. The van der Waals surface area contributed by atoms with Gasteiger partial charge in [0.25, 0.3) is 0 Å². The number of hydrogen-bond donors (Lipinski definition) is 0. The zero-order valence-electron chi connectivity index (χ0n) is 16.5. The van der Waals surface area contributed by atoms with Crippen LogP contribution in [0.5, 0.6) is 5.75 Å². The fourth-order valence-corrected chi connectivity index (χ4v) is 3.84. The Morgan fingerprint density at radius 3 is 2.35 bits per heavy atom. The Balaban J connectivity index is 2.23. The largest absolute Gasteiger partial charge is 0.496 e. The molecular formula is C20H29Cl2NO3. The first-order valence-corrected chi connectivity index (χ1v) is 9.85. The third-order valence-corrected chi connectivity index (χ3v) is 5.37. The number of amides is 1. The molecule has 0 aromatic heterocycles. The number of ether oxygens (including phenoxy) is 2. The summed E-state index contributed by atoms with van der Waals surface area (Å²) in [5.41, 5.74) is 2.58. The van der Waals surface area contributed by atoms with Gasteiger partial charge >= 0.3 is 6.09 Å². The molecule has 1 aromatic carbocycles. The molecule has 1 heterocycles. The first kappa shape index (κ1) is 21.2. The fraction of sp³-hybridized carbons (Fsp3) is 0.650. The van der Waals surface area contributed by atoms with Crippen LogP contribution < -0.4 is 4.74 Å². The van der Waals surface area contributed by atoms with E-state index < -0.39 is 5.60 Å². The van der Waals surface area contributed by atoms with Gasteiger partial charge in [-0.1, -0.05) is 11.6 Å². The minimum Gasteiger partial charge on any atom is -0.496 e. The Morgan fingerprint density at radius 1 is 1.31 bits per heavy atom. The van der Waals surface area contributed by atoms with E-state index in [1.54, 1.807) is 12.0 Å². The van der Waals surface area contributed by atoms with E-state index in [2.05, 4.69) is 0 Å². The highest BCUT2D eigenvalue weighted by molar-refractivity contribution is 6.31. The number of rotatable bonds is 3. The summed E-state index contributed by atoms with van der Waals surface area (Å²) in [4.78, 5) is 14.1. The maximum absolute atomic E-state index is 12.3. The van der Waals surface area contributed by atoms with Crippen molar-refractivity contribution in [1.82, 2.24) is 4.90 Å². The van der Waals surface area contributed by atoms with Gasteiger partial charge in [0.15, 0.2) is 0 Å². The summed E-state index contributed by atoms with van der Waals surface area (Å²) in [7, 11) is 1.67. The quantitative estimate of drug-likeness (QED) is 0.576. The van der Waals surface area contributed by atoms with Gasteiger partial charge in [-0.25, -0.2) is 4.79 Å². The molecule has 0 bridgehead atoms. The van der Waals surface area contributed by atoms with Crippen LogP contribution in [0, 0.1) is 6.92 Å². The zero-order valence-corrected chi connectivity index (χ0v) is 18.0. The van der Waals surface area contributed by atoms with Crippen LogP contribution in [0.2, 0.25) is 5.02 Å². The van der Waals surface area contributed by atoms with E-state index in [4.69, 9.17) is 32.7 Å². The summed E-state index contributed by atoms with van der Waals surface area (Å²) in [5, 5.41) is 0.515. The van der Waals surface area contributed by atoms with Gasteiger partial charge in [0, 0.05) is 29.2 Å². The Kier molecular flexibility index (Phi) is 6.73. The lowest BCUT2D eigenvalue weighted by Crippen LogP contribution is -2.41. The van der Waals surface area contributed by atoms with Gasteiger partial charge in [0.2, 0.25) is 0 Å². The van der Waals surface area contributed by atoms with Gasteiger partial charge in [-0.05, 0) is 65.0 Å². The van der Waals surface area contributed by atoms with Crippen molar-refractivity contribution < 1.29 is 14.3 Å². The SMILES string of the molecule is COc1c(C(C)Cl)cc(Cl)c(C)c1C1CCN(C(=O)OC(C)(C)C)CC1. The summed E-state index contributed by atoms with van der Waals surface area (Å²) in [5.74, 6) is 1.10. The molecule has 1 atom stereocenters. The van der Waals surface area contributed by atoms with Crippen molar-refractivity contribution in [2.24, 2.45) is 0 Å². The van der Waals surface area contributed by atoms with E-state index >= 15 is 0 Å². The van der Waals surface area contributed by atoms with E-state index in [0.717, 1.165) is 35.3 Å². The van der Waals surface area contributed by atoms with Crippen LogP contribution in [0.3, 0.4) is 0 Å². The van der Waals surface area contributed by atoms with Crippen LogP contribution in [-0.4, -0.2) is 36.8 Å². The van der Waals surface area contributed by atoms with Crippen molar-refractivity contribution in [2.45, 2.75) is 64.4 Å². The number of methoxy groups -OCH3 is 1. The monoisotopic (exact) mass is 401 g/mol. The van der Waals surface area contributed by atoms with Crippen molar-refractivity contribution in [3.05, 3.63) is 27.8 Å². The fourth-order valence-electron chi connectivity index (χ4n) is 3.46. The third kappa shape index (κ3) is 4.77. The number of piperidine rings is 1. The lowest BCUT2D eigenvalue weighted by Gasteiger charge is -2.35. The first-order valence-electron chi connectivity index (χ1n) is 9.04. The van der Waals surface area contributed by atoms with Crippen molar-refractivity contribution in [3.63, 3.8) is 0 Å². The summed E-state index contributed by atoms with van der Waals surface area (Å²) in [6, 6.07) is 1.90. The van der Waals surface area contributed by atoms with Crippen molar-refractivity contribution in [2.75, 3.05) is 20.2 Å². The van der Waals surface area contributed by atoms with Gasteiger partial charge in [0.1, 0.15) is 11.4 Å². The normalized spacial score (nSPS) is 17.2. The molecule has 1 saturated heterocycles. The molecule has 2 rings (SSSR count). The molecule has 0 radical (unpaired) electrons. The minimum atomic E-state index is -0.480. The van der Waals surface area contributed by atoms with Crippen molar-refractivity contribution in [3.8, 4) is 5.75 Å². The predicted octanol–water partition coefficient (Wildman–Crippen LogP) is 6.07. The molecule has 1 amide bonds. The van der Waals surface area contributed by atoms with Crippen molar-refractivity contribution >= 4 is 29.3 Å². The molecule has 26 heavy (non-hydrogen) atoms. The van der Waals surface area contributed by atoms with Crippen LogP contribution in [0.1, 0.15) is 68.5 Å². The molecule has 1 unspecified atom stereocenters. The number of hydrogen-bond acceptors (Lipinski definition) is 3. The van der Waals surface area contributed by atoms with Crippen molar-refractivity contribution in [1.29, 1.82) is 0 Å².